The monoisotopic (exact) mass is 167 g/mol. The van der Waals surface area contributed by atoms with Gasteiger partial charge in [0.25, 0.3) is 0 Å². The van der Waals surface area contributed by atoms with Gasteiger partial charge in [0, 0.05) is 6.07 Å². The molecule has 1 aromatic rings. The lowest BCUT2D eigenvalue weighted by Crippen LogP contribution is -2.44. The molecule has 0 spiro atoms. The summed E-state index contributed by atoms with van der Waals surface area (Å²) in [6, 6.07) is 3.34. The van der Waals surface area contributed by atoms with Crippen molar-refractivity contribution in [2.45, 2.75) is 6.92 Å². The highest BCUT2D eigenvalue weighted by molar-refractivity contribution is 5.88. The molecule has 0 aliphatic heterocycles. The predicted octanol–water partition coefficient (Wildman–Crippen LogP) is -0.135. The molecule has 12 heavy (non-hydrogen) atoms. The van der Waals surface area contributed by atoms with Crippen LogP contribution in [0.3, 0.4) is 0 Å². The predicted molar refractivity (Wildman–Crippen MR) is 42.7 cm³/mol. The summed E-state index contributed by atoms with van der Waals surface area (Å²) in [4.78, 5) is 11.1. The molecule has 0 atom stereocenters. The van der Waals surface area contributed by atoms with Crippen LogP contribution in [0.4, 0.5) is 0 Å². The molecular formula is C8H11N2O2+. The Bertz CT molecular complexity index is 286. The molecule has 0 aliphatic rings. The molecule has 64 valence electrons. The minimum absolute atomic E-state index is 0.350. The van der Waals surface area contributed by atoms with Crippen molar-refractivity contribution in [1.82, 2.24) is 0 Å². The SMILES string of the molecule is CCOC(=O)c1ccc[n+](N)c1. The number of aromatic nitrogens is 1. The molecule has 1 rings (SSSR count). The minimum Gasteiger partial charge on any atom is -0.462 e. The quantitative estimate of drug-likeness (QED) is 0.379. The Morgan fingerprint density at radius 3 is 3.08 bits per heavy atom. The van der Waals surface area contributed by atoms with E-state index in [9.17, 15) is 4.79 Å². The van der Waals surface area contributed by atoms with E-state index in [1.54, 1.807) is 25.3 Å². The van der Waals surface area contributed by atoms with Crippen LogP contribution in [0, 0.1) is 0 Å². The van der Waals surface area contributed by atoms with Gasteiger partial charge in [0.1, 0.15) is 5.56 Å². The van der Waals surface area contributed by atoms with Crippen LogP contribution in [0.25, 0.3) is 0 Å². The van der Waals surface area contributed by atoms with E-state index in [2.05, 4.69) is 0 Å². The maximum absolute atomic E-state index is 11.1. The smallest absolute Gasteiger partial charge is 0.344 e. The van der Waals surface area contributed by atoms with Crippen molar-refractivity contribution in [2.75, 3.05) is 12.4 Å². The van der Waals surface area contributed by atoms with Crippen molar-refractivity contribution in [3.05, 3.63) is 30.1 Å². The molecule has 0 radical (unpaired) electrons. The number of hydrogen-bond acceptors (Lipinski definition) is 3. The number of hydrogen-bond donors (Lipinski definition) is 1. The molecule has 0 amide bonds. The van der Waals surface area contributed by atoms with E-state index < -0.39 is 0 Å². The van der Waals surface area contributed by atoms with Gasteiger partial charge in [0.2, 0.25) is 6.20 Å². The Labute approximate surface area is 70.5 Å². The number of carbonyl (C=O) groups is 1. The zero-order valence-corrected chi connectivity index (χ0v) is 6.86. The fraction of sp³-hybridized carbons (Fsp3) is 0.250. The Hall–Kier alpha value is -1.58. The molecule has 4 nitrogen and oxygen atoms in total. The first-order valence-electron chi connectivity index (χ1n) is 3.67. The molecule has 1 heterocycles. The highest BCUT2D eigenvalue weighted by Crippen LogP contribution is 1.96. The molecule has 1 aromatic heterocycles. The number of nitrogens with zero attached hydrogens (tertiary/aromatic N) is 1. The lowest BCUT2D eigenvalue weighted by Gasteiger charge is -1.98. The standard InChI is InChI=1S/C8H11N2O2/c1-2-12-8(11)7-4-3-5-10(9)6-7/h3-6H,2,9H2,1H3/q+1. The van der Waals surface area contributed by atoms with Crippen LogP contribution in [-0.2, 0) is 4.74 Å². The average Bonchev–Trinajstić information content (AvgIpc) is 2.05. The van der Waals surface area contributed by atoms with Crippen molar-refractivity contribution in [3.8, 4) is 0 Å². The lowest BCUT2D eigenvalue weighted by molar-refractivity contribution is -0.639. The number of ether oxygens (including phenoxy) is 1. The van der Waals surface area contributed by atoms with Crippen LogP contribution >= 0.6 is 0 Å². The second-order valence-electron chi connectivity index (χ2n) is 2.26. The van der Waals surface area contributed by atoms with Crippen molar-refractivity contribution in [2.24, 2.45) is 0 Å². The van der Waals surface area contributed by atoms with Crippen LogP contribution in [0.5, 0.6) is 0 Å². The average molecular weight is 167 g/mol. The van der Waals surface area contributed by atoms with E-state index >= 15 is 0 Å². The molecule has 0 fully saturated rings. The summed E-state index contributed by atoms with van der Waals surface area (Å²) < 4.78 is 6.09. The van der Waals surface area contributed by atoms with Crippen molar-refractivity contribution >= 4 is 5.97 Å². The molecule has 0 bridgehead atoms. The Kier molecular flexibility index (Phi) is 2.63. The summed E-state index contributed by atoms with van der Waals surface area (Å²) in [5.74, 6) is 5.05. The summed E-state index contributed by atoms with van der Waals surface area (Å²) in [6.07, 6.45) is 3.15. The van der Waals surface area contributed by atoms with Crippen LogP contribution in [0.2, 0.25) is 0 Å². The van der Waals surface area contributed by atoms with E-state index in [-0.39, 0.29) is 5.97 Å². The topological polar surface area (TPSA) is 56.2 Å². The van der Waals surface area contributed by atoms with Gasteiger partial charge in [-0.1, -0.05) is 4.68 Å². The van der Waals surface area contributed by atoms with Crippen LogP contribution < -0.4 is 10.5 Å². The Morgan fingerprint density at radius 1 is 1.75 bits per heavy atom. The highest BCUT2D eigenvalue weighted by Gasteiger charge is 2.09. The third-order valence-electron chi connectivity index (χ3n) is 1.33. The lowest BCUT2D eigenvalue weighted by atomic mass is 10.3. The van der Waals surface area contributed by atoms with E-state index in [1.165, 1.54) is 10.9 Å². The van der Waals surface area contributed by atoms with Gasteiger partial charge in [-0.2, -0.15) is 0 Å². The maximum Gasteiger partial charge on any atom is 0.344 e. The van der Waals surface area contributed by atoms with Gasteiger partial charge in [0.15, 0.2) is 6.20 Å². The summed E-state index contributed by atoms with van der Waals surface area (Å²) in [7, 11) is 0. The zero-order chi connectivity index (χ0) is 8.97. The normalized spacial score (nSPS) is 9.42. The number of pyridine rings is 1. The Balaban J connectivity index is 2.81. The first kappa shape index (κ1) is 8.52. The van der Waals surface area contributed by atoms with Crippen molar-refractivity contribution in [3.63, 3.8) is 0 Å². The molecule has 0 aromatic carbocycles. The third-order valence-corrected chi connectivity index (χ3v) is 1.33. The van der Waals surface area contributed by atoms with Gasteiger partial charge < -0.3 is 4.74 Å². The van der Waals surface area contributed by atoms with E-state index in [1.807, 2.05) is 0 Å². The van der Waals surface area contributed by atoms with Crippen molar-refractivity contribution < 1.29 is 14.2 Å². The third kappa shape index (κ3) is 1.95. The fourth-order valence-electron chi connectivity index (χ4n) is 0.828. The van der Waals surface area contributed by atoms with Crippen LogP contribution in [-0.4, -0.2) is 12.6 Å². The van der Waals surface area contributed by atoms with Gasteiger partial charge in [0.05, 0.1) is 6.61 Å². The summed E-state index contributed by atoms with van der Waals surface area (Å²) in [5, 5.41) is 0. The first-order valence-corrected chi connectivity index (χ1v) is 3.67. The second-order valence-corrected chi connectivity index (χ2v) is 2.26. The summed E-state index contributed by atoms with van der Waals surface area (Å²) in [5.41, 5.74) is 0.460. The van der Waals surface area contributed by atoms with Crippen molar-refractivity contribution in [1.29, 1.82) is 0 Å². The minimum atomic E-state index is -0.350. The van der Waals surface area contributed by atoms with Gasteiger partial charge in [-0.15, -0.1) is 0 Å². The fourth-order valence-corrected chi connectivity index (χ4v) is 0.828. The van der Waals surface area contributed by atoms with Gasteiger partial charge in [-0.3, -0.25) is 0 Å². The first-order chi connectivity index (χ1) is 5.74. The number of rotatable bonds is 2. The van der Waals surface area contributed by atoms with E-state index in [0.29, 0.717) is 12.2 Å². The number of carbonyl (C=O) groups excluding carboxylic acids is 1. The van der Waals surface area contributed by atoms with E-state index in [0.717, 1.165) is 0 Å². The second kappa shape index (κ2) is 3.71. The molecule has 4 heteroatoms. The van der Waals surface area contributed by atoms with Crippen LogP contribution in [0.15, 0.2) is 24.5 Å². The van der Waals surface area contributed by atoms with Gasteiger partial charge in [-0.25, -0.2) is 10.6 Å². The number of nitrogen functional groups attached to an aromatic ring is 1. The number of esters is 1. The number of nitrogens with two attached hydrogens (primary N) is 1. The zero-order valence-electron chi connectivity index (χ0n) is 6.86. The maximum atomic E-state index is 11.1. The highest BCUT2D eigenvalue weighted by atomic mass is 16.5. The molecule has 0 saturated heterocycles. The summed E-state index contributed by atoms with van der Waals surface area (Å²) >= 11 is 0. The molecule has 2 N–H and O–H groups in total. The molecular weight excluding hydrogens is 156 g/mol. The molecule has 0 aliphatic carbocycles. The van der Waals surface area contributed by atoms with E-state index in [4.69, 9.17) is 10.6 Å². The largest absolute Gasteiger partial charge is 0.462 e. The Morgan fingerprint density at radius 2 is 2.50 bits per heavy atom. The van der Waals surface area contributed by atoms with Gasteiger partial charge >= 0.3 is 5.97 Å². The summed E-state index contributed by atoms with van der Waals surface area (Å²) in [6.45, 7) is 2.13. The molecule has 0 unspecified atom stereocenters. The van der Waals surface area contributed by atoms with Crippen LogP contribution in [0.1, 0.15) is 17.3 Å². The van der Waals surface area contributed by atoms with Gasteiger partial charge in [-0.05, 0) is 13.0 Å². The molecule has 0 saturated carbocycles.